The van der Waals surface area contributed by atoms with Gasteiger partial charge >= 0.3 is 0 Å². The number of benzene rings is 5. The number of nitrogens with zero attached hydrogens (tertiary/aromatic N) is 2. The molecule has 0 aromatic heterocycles. The Labute approximate surface area is 405 Å². The van der Waals surface area contributed by atoms with Crippen LogP contribution in [0.1, 0.15) is 175 Å². The van der Waals surface area contributed by atoms with Crippen molar-refractivity contribution in [1.82, 2.24) is 0 Å². The molecule has 0 bridgehead atoms. The van der Waals surface area contributed by atoms with E-state index < -0.39 is 0 Å². The van der Waals surface area contributed by atoms with Gasteiger partial charge in [-0.1, -0.05) is 190 Å². The minimum atomic E-state index is -0.155. The molecule has 0 spiro atoms. The van der Waals surface area contributed by atoms with E-state index in [0.717, 1.165) is 43.9 Å². The molecule has 5 aromatic carbocycles. The van der Waals surface area contributed by atoms with E-state index in [4.69, 9.17) is 4.74 Å². The van der Waals surface area contributed by atoms with Gasteiger partial charge in [0.1, 0.15) is 18.1 Å². The fourth-order valence-electron chi connectivity index (χ4n) is 11.7. The maximum Gasteiger partial charge on any atom is 0.210 e. The van der Waals surface area contributed by atoms with Gasteiger partial charge in [0, 0.05) is 47.5 Å². The molecule has 0 N–H and O–H groups in total. The summed E-state index contributed by atoms with van der Waals surface area (Å²) in [6.07, 6.45) is 34.0. The highest BCUT2D eigenvalue weighted by atomic mass is 16.5. The highest BCUT2D eigenvalue weighted by Crippen LogP contribution is 2.51. The molecule has 0 saturated heterocycles. The van der Waals surface area contributed by atoms with E-state index in [9.17, 15) is 0 Å². The molecule has 1 aliphatic carbocycles. The summed E-state index contributed by atoms with van der Waals surface area (Å²) in [5.74, 6) is 1.91. The first-order chi connectivity index (χ1) is 32.7. The summed E-state index contributed by atoms with van der Waals surface area (Å²) in [7, 11) is 0. The molecule has 0 atom stereocenters. The third kappa shape index (κ3) is 10.9. The molecule has 0 unspecified atom stereocenters. The highest BCUT2D eigenvalue weighted by molar-refractivity contribution is 6.07. The lowest BCUT2D eigenvalue weighted by atomic mass is 9.78. The van der Waals surface area contributed by atoms with Crippen molar-refractivity contribution in [3.8, 4) is 5.75 Å². The molecule has 2 heterocycles. The molecule has 352 valence electrons. The van der Waals surface area contributed by atoms with Gasteiger partial charge in [-0.25, -0.2) is 0 Å². The van der Waals surface area contributed by atoms with Crippen LogP contribution in [0.2, 0.25) is 0 Å². The van der Waals surface area contributed by atoms with Crippen LogP contribution in [0.15, 0.2) is 150 Å². The van der Waals surface area contributed by atoms with Gasteiger partial charge in [-0.3, -0.25) is 0 Å². The summed E-state index contributed by atoms with van der Waals surface area (Å²) in [4.78, 5) is 2.67. The van der Waals surface area contributed by atoms with Crippen LogP contribution >= 0.6 is 0 Å². The molecule has 2 aliphatic heterocycles. The molecule has 3 nitrogen and oxygen atoms in total. The number of ether oxygens (including phenoxy) is 1. The van der Waals surface area contributed by atoms with Crippen LogP contribution in [0.5, 0.6) is 5.75 Å². The van der Waals surface area contributed by atoms with Crippen molar-refractivity contribution in [2.24, 2.45) is 0 Å². The van der Waals surface area contributed by atoms with Gasteiger partial charge in [0.25, 0.3) is 0 Å². The lowest BCUT2D eigenvalue weighted by Gasteiger charge is -2.28. The van der Waals surface area contributed by atoms with E-state index in [1.165, 1.54) is 169 Å². The summed E-state index contributed by atoms with van der Waals surface area (Å²) in [6.45, 7) is 16.5. The van der Waals surface area contributed by atoms with Crippen molar-refractivity contribution in [3.05, 3.63) is 161 Å². The number of unbranched alkanes of at least 4 members (excludes halogenated alkanes) is 14. The Bertz CT molecular complexity index is 2620. The van der Waals surface area contributed by atoms with Gasteiger partial charge in [0.2, 0.25) is 5.69 Å². The third-order valence-electron chi connectivity index (χ3n) is 15.3. The van der Waals surface area contributed by atoms with Gasteiger partial charge in [-0.05, 0) is 121 Å². The number of hydrogen-bond acceptors (Lipinski definition) is 2. The largest absolute Gasteiger partial charge is 0.457 e. The molecule has 3 aliphatic rings. The van der Waals surface area contributed by atoms with Crippen molar-refractivity contribution in [2.45, 2.75) is 174 Å². The van der Waals surface area contributed by atoms with E-state index in [1.807, 2.05) is 0 Å². The molecule has 0 saturated carbocycles. The molecular formula is C64H81N2O+. The molecular weight excluding hydrogens is 813 g/mol. The molecule has 0 fully saturated rings. The number of hydrogen-bond donors (Lipinski definition) is 0. The number of fused-ring (bicyclic) bond motifs is 6. The average Bonchev–Trinajstić information content (AvgIpc) is 3.70. The van der Waals surface area contributed by atoms with Crippen molar-refractivity contribution in [3.63, 3.8) is 0 Å². The van der Waals surface area contributed by atoms with Crippen molar-refractivity contribution < 1.29 is 9.31 Å². The number of para-hydroxylation sites is 1. The second kappa shape index (κ2) is 22.8. The summed E-state index contributed by atoms with van der Waals surface area (Å²) < 4.78 is 9.72. The van der Waals surface area contributed by atoms with Crippen molar-refractivity contribution in [2.75, 3.05) is 18.0 Å². The summed E-state index contributed by atoms with van der Waals surface area (Å²) in [5, 5.41) is 5.39. The van der Waals surface area contributed by atoms with Crippen LogP contribution in [0, 0.1) is 0 Å². The van der Waals surface area contributed by atoms with Gasteiger partial charge in [0.15, 0.2) is 5.71 Å². The number of anilines is 1. The Balaban J connectivity index is 1.15. The second-order valence-corrected chi connectivity index (χ2v) is 21.0. The summed E-state index contributed by atoms with van der Waals surface area (Å²) in [6, 6.07) is 37.9. The van der Waals surface area contributed by atoms with Crippen LogP contribution in [-0.4, -0.2) is 23.4 Å². The van der Waals surface area contributed by atoms with Gasteiger partial charge in [0.05, 0.1) is 5.41 Å². The minimum Gasteiger partial charge on any atom is -0.457 e. The predicted octanol–water partition coefficient (Wildman–Crippen LogP) is 18.3. The quantitative estimate of drug-likeness (QED) is 0.0480. The van der Waals surface area contributed by atoms with Crippen LogP contribution in [-0.2, 0) is 10.8 Å². The van der Waals surface area contributed by atoms with E-state index in [2.05, 4.69) is 178 Å². The highest BCUT2D eigenvalue weighted by Gasteiger charge is 2.45. The number of allylic oxidation sites excluding steroid dienone is 7. The Morgan fingerprint density at radius 1 is 0.552 bits per heavy atom. The lowest BCUT2D eigenvalue weighted by molar-refractivity contribution is -0.438. The minimum absolute atomic E-state index is 0.155. The number of rotatable bonds is 23. The Morgan fingerprint density at radius 2 is 1.13 bits per heavy atom. The monoisotopic (exact) mass is 894 g/mol. The maximum atomic E-state index is 7.06. The SMILES string of the molecule is CCCCCCCCCCN1/C(=C/C=C2\CCCC(/C=C/C3=[N+](CCCCCCCCCC)c4ccc5ccccc5c4C3(C)C)=C2Oc2ccccc2)C(C)(C)c2c1ccc1ccccc21. The van der Waals surface area contributed by atoms with Gasteiger partial charge in [-0.2, -0.15) is 4.58 Å². The van der Waals surface area contributed by atoms with E-state index in [1.54, 1.807) is 0 Å². The van der Waals surface area contributed by atoms with Crippen molar-refractivity contribution in [1.29, 1.82) is 0 Å². The van der Waals surface area contributed by atoms with E-state index in [0.29, 0.717) is 0 Å². The first kappa shape index (κ1) is 48.3. The van der Waals surface area contributed by atoms with Crippen LogP contribution in [0.3, 0.4) is 0 Å². The third-order valence-corrected chi connectivity index (χ3v) is 15.3. The summed E-state index contributed by atoms with van der Waals surface area (Å²) >= 11 is 0. The molecule has 0 amide bonds. The zero-order valence-corrected chi connectivity index (χ0v) is 42.3. The Morgan fingerprint density at radius 3 is 1.81 bits per heavy atom. The lowest BCUT2D eigenvalue weighted by Crippen LogP contribution is -2.28. The maximum absolute atomic E-state index is 7.06. The van der Waals surface area contributed by atoms with E-state index in [-0.39, 0.29) is 10.8 Å². The van der Waals surface area contributed by atoms with Crippen molar-refractivity contribution >= 4 is 38.6 Å². The fraction of sp³-hybridized carbons (Fsp3) is 0.453. The predicted molar refractivity (Wildman–Crippen MR) is 290 cm³/mol. The first-order valence-corrected chi connectivity index (χ1v) is 26.8. The molecule has 0 radical (unpaired) electrons. The molecule has 67 heavy (non-hydrogen) atoms. The zero-order chi connectivity index (χ0) is 46.6. The zero-order valence-electron chi connectivity index (χ0n) is 42.3. The molecule has 5 aromatic rings. The fourth-order valence-corrected chi connectivity index (χ4v) is 11.7. The topological polar surface area (TPSA) is 15.5 Å². The first-order valence-electron chi connectivity index (χ1n) is 26.8. The Hall–Kier alpha value is -5.15. The second-order valence-electron chi connectivity index (χ2n) is 21.0. The summed E-state index contributed by atoms with van der Waals surface area (Å²) in [5.41, 5.74) is 10.7. The van der Waals surface area contributed by atoms with Gasteiger partial charge < -0.3 is 9.64 Å². The Kier molecular flexibility index (Phi) is 16.4. The van der Waals surface area contributed by atoms with Gasteiger partial charge in [-0.15, -0.1) is 0 Å². The molecule has 3 heteroatoms. The standard InChI is InChI=1S/C64H81N2O/c1-7-9-11-13-15-17-19-28-47-65-56-43-39-49-31-24-26-37-54(49)60(56)63(3,4)58(65)45-41-51-33-30-34-52(62(51)67-53-35-22-21-23-36-53)42-46-59-64(5,6)61-55-38-27-25-32-50(55)40-44-57(61)66(59)48-29-20-18-16-14-12-10-8-2/h21-27,31-32,35-46H,7-20,28-30,33-34,47-48H2,1-6H3/q+1. The van der Waals surface area contributed by atoms with E-state index >= 15 is 0 Å². The smallest absolute Gasteiger partial charge is 0.210 e. The van der Waals surface area contributed by atoms with Crippen LogP contribution < -0.4 is 9.64 Å². The molecule has 8 rings (SSSR count). The van der Waals surface area contributed by atoms with Crippen LogP contribution in [0.25, 0.3) is 21.5 Å². The van der Waals surface area contributed by atoms with Crippen LogP contribution in [0.4, 0.5) is 11.4 Å². The average molecular weight is 894 g/mol. The normalized spacial score (nSPS) is 17.8.